The second-order valence-corrected chi connectivity index (χ2v) is 3.81. The van der Waals surface area contributed by atoms with Crippen LogP contribution in [0.2, 0.25) is 0 Å². The average molecular weight is 395 g/mol. The van der Waals surface area contributed by atoms with Crippen molar-refractivity contribution in [2.24, 2.45) is 0 Å². The predicted molar refractivity (Wildman–Crippen MR) is 42.2 cm³/mol. The van der Waals surface area contributed by atoms with Gasteiger partial charge in [-0.25, -0.2) is 10.3 Å². The maximum Gasteiger partial charge on any atom is 0.474 e. The molecule has 0 aliphatic rings. The summed E-state index contributed by atoms with van der Waals surface area (Å²) < 4.78 is 164. The predicted octanol–water partition coefficient (Wildman–Crippen LogP) is 3.80. The van der Waals surface area contributed by atoms with Crippen LogP contribution in [0.1, 0.15) is 0 Å². The first-order chi connectivity index (χ1) is 10.2. The molecule has 0 atom stereocenters. The van der Waals surface area contributed by atoms with Gasteiger partial charge in [-0.3, -0.25) is 5.21 Å². The Balaban J connectivity index is 6.15. The third-order valence-corrected chi connectivity index (χ3v) is 2.22. The number of carbonyl (C=O) groups is 1. The summed E-state index contributed by atoms with van der Waals surface area (Å²) in [6.07, 6.45) is -17.6. The molecular formula is C7H2F13NO3. The summed E-state index contributed by atoms with van der Waals surface area (Å²) in [6, 6.07) is 0. The van der Waals surface area contributed by atoms with Crippen molar-refractivity contribution in [2.75, 3.05) is 0 Å². The molecule has 1 amide bonds. The number of halogens is 13. The highest BCUT2D eigenvalue weighted by Crippen LogP contribution is 2.60. The smallest absolute Gasteiger partial charge is 0.378 e. The van der Waals surface area contributed by atoms with Crippen LogP contribution in [0.15, 0.2) is 0 Å². The van der Waals surface area contributed by atoms with Crippen LogP contribution in [0.4, 0.5) is 61.9 Å². The topological polar surface area (TPSA) is 58.6 Å². The zero-order valence-corrected chi connectivity index (χ0v) is 10.2. The maximum atomic E-state index is 12.8. The molecule has 0 saturated heterocycles. The SMILES string of the molecule is O=C(NO)OC(F)(F)C(F)(F)C(F)(F)C(F)(F)C(F)(F)C(F)(F)F. The Morgan fingerprint density at radius 1 is 0.667 bits per heavy atom. The molecule has 0 aromatic carbocycles. The number of carbonyl (C=O) groups excluding carboxylic acids is 1. The van der Waals surface area contributed by atoms with Crippen LogP contribution in [0.3, 0.4) is 0 Å². The fraction of sp³-hybridized carbons (Fsp3) is 0.857. The van der Waals surface area contributed by atoms with Crippen LogP contribution in [0, 0.1) is 0 Å². The summed E-state index contributed by atoms with van der Waals surface area (Å²) in [4.78, 5) is 10.0. The van der Waals surface area contributed by atoms with Crippen molar-refractivity contribution in [3.8, 4) is 0 Å². The quantitative estimate of drug-likeness (QED) is 0.423. The van der Waals surface area contributed by atoms with Crippen LogP contribution in [0.5, 0.6) is 0 Å². The van der Waals surface area contributed by atoms with E-state index >= 15 is 0 Å². The fourth-order valence-corrected chi connectivity index (χ4v) is 0.958. The molecule has 17 heteroatoms. The number of amides is 1. The molecule has 0 unspecified atom stereocenters. The van der Waals surface area contributed by atoms with Gasteiger partial charge in [-0.15, -0.1) is 0 Å². The lowest BCUT2D eigenvalue weighted by Gasteiger charge is -2.38. The van der Waals surface area contributed by atoms with Gasteiger partial charge in [0.05, 0.1) is 0 Å². The number of hydroxylamine groups is 1. The normalized spacial score (nSPS) is 15.2. The van der Waals surface area contributed by atoms with E-state index in [1.54, 1.807) is 0 Å². The zero-order chi connectivity index (χ0) is 20.0. The Morgan fingerprint density at radius 3 is 1.29 bits per heavy atom. The lowest BCUT2D eigenvalue weighted by molar-refractivity contribution is -0.459. The van der Waals surface area contributed by atoms with Crippen molar-refractivity contribution < 1.29 is 71.8 Å². The highest BCUT2D eigenvalue weighted by molar-refractivity contribution is 5.66. The Morgan fingerprint density at radius 2 is 1.00 bits per heavy atom. The second kappa shape index (κ2) is 5.69. The first-order valence-corrected chi connectivity index (χ1v) is 4.79. The molecule has 0 aliphatic heterocycles. The van der Waals surface area contributed by atoms with E-state index in [4.69, 9.17) is 5.21 Å². The molecule has 0 aliphatic carbocycles. The minimum absolute atomic E-state index is 0.00282. The van der Waals surface area contributed by atoms with Crippen LogP contribution in [-0.2, 0) is 4.74 Å². The Bertz CT molecular complexity index is 484. The number of hydrogen-bond donors (Lipinski definition) is 2. The third kappa shape index (κ3) is 3.00. The molecule has 144 valence electrons. The first-order valence-electron chi connectivity index (χ1n) is 4.79. The molecule has 0 spiro atoms. The van der Waals surface area contributed by atoms with Crippen LogP contribution in [0.25, 0.3) is 0 Å². The second-order valence-electron chi connectivity index (χ2n) is 3.81. The molecule has 24 heavy (non-hydrogen) atoms. The maximum absolute atomic E-state index is 12.8. The largest absolute Gasteiger partial charge is 0.474 e. The minimum Gasteiger partial charge on any atom is -0.378 e. The van der Waals surface area contributed by atoms with Gasteiger partial charge in [0.15, 0.2) is 0 Å². The zero-order valence-electron chi connectivity index (χ0n) is 10.2. The highest BCUT2D eigenvalue weighted by atomic mass is 19.4. The van der Waals surface area contributed by atoms with Gasteiger partial charge in [0.2, 0.25) is 0 Å². The Hall–Kier alpha value is -1.68. The van der Waals surface area contributed by atoms with Crippen LogP contribution < -0.4 is 5.48 Å². The molecule has 0 fully saturated rings. The van der Waals surface area contributed by atoms with E-state index in [-0.39, 0.29) is 5.48 Å². The number of ether oxygens (including phenoxy) is 1. The van der Waals surface area contributed by atoms with Gasteiger partial charge < -0.3 is 4.74 Å². The van der Waals surface area contributed by atoms with Gasteiger partial charge in [0.1, 0.15) is 0 Å². The molecule has 0 bridgehead atoms. The standard InChI is InChI=1S/C7H2F13NO3/c8-2(9,4(12,13)6(16,17)18)3(10,11)5(14,15)7(19,20)24-1(22)21-23/h23H,(H,21,22). The summed E-state index contributed by atoms with van der Waals surface area (Å²) in [6.45, 7) is 0. The molecule has 0 heterocycles. The average Bonchev–Trinajstić information content (AvgIpc) is 2.35. The fourth-order valence-electron chi connectivity index (χ4n) is 0.958. The summed E-state index contributed by atoms with van der Waals surface area (Å²) in [5, 5.41) is 7.66. The van der Waals surface area contributed by atoms with Crippen molar-refractivity contribution in [3.63, 3.8) is 0 Å². The lowest BCUT2D eigenvalue weighted by Crippen LogP contribution is -2.70. The van der Waals surface area contributed by atoms with Gasteiger partial charge in [0.25, 0.3) is 0 Å². The molecular weight excluding hydrogens is 393 g/mol. The van der Waals surface area contributed by atoms with Gasteiger partial charge >= 0.3 is 42.1 Å². The molecule has 0 saturated carbocycles. The number of rotatable bonds is 5. The summed E-state index contributed by atoms with van der Waals surface area (Å²) in [5.74, 6) is -31.8. The van der Waals surface area contributed by atoms with Crippen molar-refractivity contribution in [2.45, 2.75) is 36.0 Å². The van der Waals surface area contributed by atoms with Crippen LogP contribution >= 0.6 is 0 Å². The van der Waals surface area contributed by atoms with Crippen molar-refractivity contribution in [3.05, 3.63) is 0 Å². The highest BCUT2D eigenvalue weighted by Gasteiger charge is 2.92. The molecule has 0 radical (unpaired) electrons. The van der Waals surface area contributed by atoms with E-state index in [2.05, 4.69) is 4.74 Å². The molecule has 4 nitrogen and oxygen atoms in total. The Kier molecular flexibility index (Phi) is 5.30. The molecule has 0 rings (SSSR count). The van der Waals surface area contributed by atoms with Gasteiger partial charge in [-0.1, -0.05) is 0 Å². The van der Waals surface area contributed by atoms with Crippen molar-refractivity contribution in [1.29, 1.82) is 0 Å². The summed E-state index contributed by atoms with van der Waals surface area (Å²) in [5.41, 5.74) is 0.00282. The minimum atomic E-state index is -8.09. The Labute approximate surface area is 121 Å². The monoisotopic (exact) mass is 395 g/mol. The lowest BCUT2D eigenvalue weighted by atomic mass is 9.97. The van der Waals surface area contributed by atoms with E-state index in [0.29, 0.717) is 0 Å². The number of hydrogen-bond acceptors (Lipinski definition) is 3. The van der Waals surface area contributed by atoms with E-state index < -0.39 is 42.1 Å². The van der Waals surface area contributed by atoms with E-state index in [1.807, 2.05) is 0 Å². The van der Waals surface area contributed by atoms with Gasteiger partial charge in [-0.05, 0) is 0 Å². The van der Waals surface area contributed by atoms with Gasteiger partial charge in [0, 0.05) is 0 Å². The van der Waals surface area contributed by atoms with Crippen molar-refractivity contribution >= 4 is 6.09 Å². The summed E-state index contributed by atoms with van der Waals surface area (Å²) in [7, 11) is 0. The molecule has 0 aromatic rings. The number of alkyl halides is 13. The van der Waals surface area contributed by atoms with Gasteiger partial charge in [-0.2, -0.15) is 57.1 Å². The third-order valence-electron chi connectivity index (χ3n) is 2.22. The molecule has 0 aromatic heterocycles. The number of nitrogens with one attached hydrogen (secondary N) is 1. The first kappa shape index (κ1) is 22.3. The van der Waals surface area contributed by atoms with E-state index in [1.165, 1.54) is 0 Å². The summed E-state index contributed by atoms with van der Waals surface area (Å²) >= 11 is 0. The molecule has 2 N–H and O–H groups in total. The van der Waals surface area contributed by atoms with E-state index in [0.717, 1.165) is 0 Å². The van der Waals surface area contributed by atoms with E-state index in [9.17, 15) is 61.9 Å². The van der Waals surface area contributed by atoms with Crippen molar-refractivity contribution in [1.82, 2.24) is 5.48 Å². The van der Waals surface area contributed by atoms with Crippen LogP contribution in [-0.4, -0.2) is 47.3 Å².